The number of hydrogen-bond acceptors (Lipinski definition) is 6. The minimum atomic E-state index is -0.549. The maximum atomic E-state index is 14.8. The standard InChI is InChI=1S/C19H20FN5O3/c1-12(26)22-8-15-10-25(19(27)28-15)14-2-3-18(16(20)6-14)24-5-4-17-13(9-24)7-21-11-23-17/h2-3,6-7,11,15H,4-5,8-10H2,1H3,(H,22,26). The Kier molecular flexibility index (Phi) is 4.81. The number of halogens is 1. The molecule has 1 aromatic heterocycles. The Balaban J connectivity index is 1.48. The van der Waals surface area contributed by atoms with Gasteiger partial charge in [-0.1, -0.05) is 0 Å². The van der Waals surface area contributed by atoms with Gasteiger partial charge in [0, 0.05) is 38.2 Å². The first-order valence-electron chi connectivity index (χ1n) is 9.06. The van der Waals surface area contributed by atoms with Gasteiger partial charge in [-0.3, -0.25) is 9.69 Å². The van der Waals surface area contributed by atoms with Gasteiger partial charge < -0.3 is 15.0 Å². The van der Waals surface area contributed by atoms with Crippen LogP contribution in [0.5, 0.6) is 0 Å². The van der Waals surface area contributed by atoms with E-state index in [-0.39, 0.29) is 19.0 Å². The van der Waals surface area contributed by atoms with E-state index in [0.29, 0.717) is 24.5 Å². The zero-order valence-corrected chi connectivity index (χ0v) is 15.4. The molecule has 4 rings (SSSR count). The minimum absolute atomic E-state index is 0.196. The molecule has 1 atom stereocenters. The molecular formula is C19H20FN5O3. The van der Waals surface area contributed by atoms with Gasteiger partial charge >= 0.3 is 6.09 Å². The summed E-state index contributed by atoms with van der Waals surface area (Å²) < 4.78 is 20.1. The van der Waals surface area contributed by atoms with Gasteiger partial charge in [0.2, 0.25) is 5.91 Å². The molecule has 2 amide bonds. The molecule has 146 valence electrons. The molecule has 2 aromatic rings. The molecule has 1 saturated heterocycles. The lowest BCUT2D eigenvalue weighted by Crippen LogP contribution is -2.33. The minimum Gasteiger partial charge on any atom is -0.442 e. The van der Waals surface area contributed by atoms with Crippen molar-refractivity contribution in [2.24, 2.45) is 0 Å². The van der Waals surface area contributed by atoms with Gasteiger partial charge in [0.1, 0.15) is 18.2 Å². The summed E-state index contributed by atoms with van der Waals surface area (Å²) in [5, 5.41) is 2.62. The molecule has 0 aliphatic carbocycles. The van der Waals surface area contributed by atoms with E-state index in [4.69, 9.17) is 4.74 Å². The molecule has 1 fully saturated rings. The first-order valence-corrected chi connectivity index (χ1v) is 9.06. The number of cyclic esters (lactones) is 1. The zero-order chi connectivity index (χ0) is 19.7. The number of amides is 2. The van der Waals surface area contributed by atoms with Crippen molar-refractivity contribution in [1.29, 1.82) is 0 Å². The molecule has 1 N–H and O–H groups in total. The van der Waals surface area contributed by atoms with Crippen LogP contribution in [0.15, 0.2) is 30.7 Å². The van der Waals surface area contributed by atoms with E-state index in [1.165, 1.54) is 24.2 Å². The van der Waals surface area contributed by atoms with E-state index in [2.05, 4.69) is 15.3 Å². The van der Waals surface area contributed by atoms with Gasteiger partial charge in [-0.15, -0.1) is 0 Å². The lowest BCUT2D eigenvalue weighted by molar-refractivity contribution is -0.119. The highest BCUT2D eigenvalue weighted by Gasteiger charge is 2.33. The van der Waals surface area contributed by atoms with E-state index >= 15 is 0 Å². The third kappa shape index (κ3) is 3.60. The second kappa shape index (κ2) is 7.41. The fourth-order valence-corrected chi connectivity index (χ4v) is 3.49. The number of carbonyl (C=O) groups excluding carboxylic acids is 2. The Morgan fingerprint density at radius 2 is 2.29 bits per heavy atom. The molecule has 0 radical (unpaired) electrons. The Labute approximate surface area is 161 Å². The van der Waals surface area contributed by atoms with Gasteiger partial charge in [0.25, 0.3) is 0 Å². The van der Waals surface area contributed by atoms with Crippen molar-refractivity contribution in [2.45, 2.75) is 26.0 Å². The molecule has 9 heteroatoms. The summed E-state index contributed by atoms with van der Waals surface area (Å²) in [4.78, 5) is 34.7. The summed E-state index contributed by atoms with van der Waals surface area (Å²) in [6.07, 6.45) is 3.00. The summed E-state index contributed by atoms with van der Waals surface area (Å²) in [6, 6.07) is 4.72. The number of ether oxygens (including phenoxy) is 1. The Bertz CT molecular complexity index is 922. The van der Waals surface area contributed by atoms with Crippen LogP contribution in [0.3, 0.4) is 0 Å². The largest absolute Gasteiger partial charge is 0.442 e. The normalized spacial score (nSPS) is 18.6. The second-order valence-electron chi connectivity index (χ2n) is 6.86. The Hall–Kier alpha value is -3.23. The van der Waals surface area contributed by atoms with E-state index < -0.39 is 18.0 Å². The highest BCUT2D eigenvalue weighted by Crippen LogP contribution is 2.30. The fraction of sp³-hybridized carbons (Fsp3) is 0.368. The smallest absolute Gasteiger partial charge is 0.414 e. The lowest BCUT2D eigenvalue weighted by atomic mass is 10.1. The van der Waals surface area contributed by atoms with E-state index in [1.807, 2.05) is 4.90 Å². The molecule has 2 aliphatic rings. The fourth-order valence-electron chi connectivity index (χ4n) is 3.49. The van der Waals surface area contributed by atoms with Crippen molar-refractivity contribution in [1.82, 2.24) is 15.3 Å². The molecule has 1 unspecified atom stereocenters. The van der Waals surface area contributed by atoms with Crippen LogP contribution in [-0.4, -0.2) is 47.7 Å². The summed E-state index contributed by atoms with van der Waals surface area (Å²) >= 11 is 0. The van der Waals surface area contributed by atoms with Crippen LogP contribution in [0.2, 0.25) is 0 Å². The predicted molar refractivity (Wildman–Crippen MR) is 99.5 cm³/mol. The van der Waals surface area contributed by atoms with Crippen molar-refractivity contribution in [2.75, 3.05) is 29.4 Å². The van der Waals surface area contributed by atoms with Crippen LogP contribution >= 0.6 is 0 Å². The highest BCUT2D eigenvalue weighted by atomic mass is 19.1. The summed E-state index contributed by atoms with van der Waals surface area (Å²) in [7, 11) is 0. The number of aromatic nitrogens is 2. The Morgan fingerprint density at radius 1 is 1.43 bits per heavy atom. The third-order valence-electron chi connectivity index (χ3n) is 4.90. The van der Waals surface area contributed by atoms with Crippen molar-refractivity contribution in [3.8, 4) is 0 Å². The molecule has 0 spiro atoms. The molecule has 8 nitrogen and oxygen atoms in total. The molecule has 0 saturated carbocycles. The molecular weight excluding hydrogens is 365 g/mol. The van der Waals surface area contributed by atoms with Crippen LogP contribution in [-0.2, 0) is 22.5 Å². The zero-order valence-electron chi connectivity index (χ0n) is 15.4. The van der Waals surface area contributed by atoms with Crippen LogP contribution in [0.1, 0.15) is 18.2 Å². The van der Waals surface area contributed by atoms with E-state index in [9.17, 15) is 14.0 Å². The average molecular weight is 385 g/mol. The second-order valence-corrected chi connectivity index (χ2v) is 6.86. The predicted octanol–water partition coefficient (Wildman–Crippen LogP) is 1.64. The molecule has 3 heterocycles. The highest BCUT2D eigenvalue weighted by molar-refractivity contribution is 5.90. The van der Waals surface area contributed by atoms with Crippen LogP contribution in [0.4, 0.5) is 20.6 Å². The number of nitrogens with zero attached hydrogens (tertiary/aromatic N) is 4. The number of hydrogen-bond donors (Lipinski definition) is 1. The van der Waals surface area contributed by atoms with Crippen LogP contribution in [0, 0.1) is 5.82 Å². The number of nitrogens with one attached hydrogen (secondary N) is 1. The van der Waals surface area contributed by atoms with Crippen molar-refractivity contribution in [3.05, 3.63) is 47.8 Å². The molecule has 1 aromatic carbocycles. The van der Waals surface area contributed by atoms with Gasteiger partial charge in [-0.2, -0.15) is 0 Å². The number of rotatable bonds is 4. The van der Waals surface area contributed by atoms with Gasteiger partial charge in [-0.05, 0) is 18.2 Å². The Morgan fingerprint density at radius 3 is 3.07 bits per heavy atom. The van der Waals surface area contributed by atoms with Gasteiger partial charge in [0.15, 0.2) is 0 Å². The van der Waals surface area contributed by atoms with Crippen molar-refractivity contribution < 1.29 is 18.7 Å². The average Bonchev–Trinajstić information content (AvgIpc) is 3.06. The van der Waals surface area contributed by atoms with Gasteiger partial charge in [0.05, 0.1) is 30.2 Å². The van der Waals surface area contributed by atoms with E-state index in [1.54, 1.807) is 18.3 Å². The maximum Gasteiger partial charge on any atom is 0.414 e. The summed E-state index contributed by atoms with van der Waals surface area (Å²) in [6.45, 7) is 3.08. The first kappa shape index (κ1) is 18.1. The van der Waals surface area contributed by atoms with Crippen molar-refractivity contribution >= 4 is 23.4 Å². The SMILES string of the molecule is CC(=O)NCC1CN(c2ccc(N3CCc4ncncc4C3)c(F)c2)C(=O)O1. The summed E-state index contributed by atoms with van der Waals surface area (Å²) in [5.74, 6) is -0.602. The monoisotopic (exact) mass is 385 g/mol. The van der Waals surface area contributed by atoms with E-state index in [0.717, 1.165) is 17.7 Å². The topological polar surface area (TPSA) is 87.7 Å². The number of carbonyl (C=O) groups is 2. The quantitative estimate of drug-likeness (QED) is 0.861. The van der Waals surface area contributed by atoms with Gasteiger partial charge in [-0.25, -0.2) is 19.2 Å². The van der Waals surface area contributed by atoms with Crippen LogP contribution < -0.4 is 15.1 Å². The number of fused-ring (bicyclic) bond motifs is 1. The number of benzene rings is 1. The molecule has 0 bridgehead atoms. The maximum absolute atomic E-state index is 14.8. The molecule has 2 aliphatic heterocycles. The number of anilines is 2. The summed E-state index contributed by atoms with van der Waals surface area (Å²) in [5.41, 5.74) is 2.88. The lowest BCUT2D eigenvalue weighted by Gasteiger charge is -2.30. The third-order valence-corrected chi connectivity index (χ3v) is 4.90. The first-order chi connectivity index (χ1) is 13.5. The molecule has 28 heavy (non-hydrogen) atoms. The van der Waals surface area contributed by atoms with Crippen LogP contribution in [0.25, 0.3) is 0 Å². The van der Waals surface area contributed by atoms with Crippen molar-refractivity contribution in [3.63, 3.8) is 0 Å².